The topological polar surface area (TPSA) is 58.7 Å². The lowest BCUT2D eigenvalue weighted by molar-refractivity contribution is -0.105. The number of thiocarbonyl (C=S) groups is 1. The summed E-state index contributed by atoms with van der Waals surface area (Å²) in [5, 5.41) is 9.36. The van der Waals surface area contributed by atoms with Gasteiger partial charge in [-0.15, -0.1) is 0 Å². The Morgan fingerprint density at radius 3 is 2.75 bits per heavy atom. The van der Waals surface area contributed by atoms with Gasteiger partial charge in [0.25, 0.3) is 0 Å². The summed E-state index contributed by atoms with van der Waals surface area (Å²) < 4.78 is 5.70. The molecule has 0 spiro atoms. The summed E-state index contributed by atoms with van der Waals surface area (Å²) in [5.41, 5.74) is 6.96. The zero-order chi connectivity index (χ0) is 14.5. The molecule has 5 heteroatoms. The normalized spacial score (nSPS) is 25.3. The fraction of sp³-hybridized carbons (Fsp3) is 0.533. The highest BCUT2D eigenvalue weighted by atomic mass is 32.1. The molecule has 110 valence electrons. The highest BCUT2D eigenvalue weighted by molar-refractivity contribution is 7.80. The van der Waals surface area contributed by atoms with E-state index < -0.39 is 0 Å². The summed E-state index contributed by atoms with van der Waals surface area (Å²) in [4.78, 5) is 2.82. The van der Waals surface area contributed by atoms with Crippen molar-refractivity contribution in [3.05, 3.63) is 35.9 Å². The smallest absolute Gasteiger partial charge is 0.0936 e. The third-order valence-corrected chi connectivity index (χ3v) is 3.74. The molecule has 0 radical (unpaired) electrons. The van der Waals surface area contributed by atoms with Gasteiger partial charge in [0.2, 0.25) is 0 Å². The summed E-state index contributed by atoms with van der Waals surface area (Å²) in [7, 11) is 0. The highest BCUT2D eigenvalue weighted by Gasteiger charge is 2.30. The molecule has 1 aliphatic rings. The minimum atomic E-state index is -0.142. The van der Waals surface area contributed by atoms with Crippen molar-refractivity contribution in [2.45, 2.75) is 31.6 Å². The zero-order valence-corrected chi connectivity index (χ0v) is 12.6. The molecule has 0 aromatic heterocycles. The predicted octanol–water partition coefficient (Wildman–Crippen LogP) is 1.49. The number of morpholine rings is 1. The number of hydrogen-bond donors (Lipinski definition) is 2. The van der Waals surface area contributed by atoms with Crippen LogP contribution in [0.3, 0.4) is 0 Å². The van der Waals surface area contributed by atoms with Crippen LogP contribution in [0.5, 0.6) is 0 Å². The van der Waals surface area contributed by atoms with E-state index in [-0.39, 0.29) is 24.9 Å². The number of benzene rings is 1. The van der Waals surface area contributed by atoms with E-state index in [0.717, 1.165) is 6.54 Å². The van der Waals surface area contributed by atoms with Gasteiger partial charge < -0.3 is 15.6 Å². The van der Waals surface area contributed by atoms with Crippen molar-refractivity contribution in [2.75, 3.05) is 19.7 Å². The summed E-state index contributed by atoms with van der Waals surface area (Å²) in [6, 6.07) is 10.4. The van der Waals surface area contributed by atoms with E-state index in [9.17, 15) is 5.11 Å². The van der Waals surface area contributed by atoms with Gasteiger partial charge in [-0.05, 0) is 12.5 Å². The first-order chi connectivity index (χ1) is 9.60. The Labute approximate surface area is 125 Å². The standard InChI is InChI=1S/C15H22N2O2S/c1-11-8-17(9-13(10-18)19-11)14(7-15(16)20)12-5-3-2-4-6-12/h2-6,11,13-14,18H,7-10H2,1H3,(H2,16,20). The average molecular weight is 294 g/mol. The van der Waals surface area contributed by atoms with E-state index >= 15 is 0 Å². The van der Waals surface area contributed by atoms with Crippen LogP contribution in [0.2, 0.25) is 0 Å². The van der Waals surface area contributed by atoms with Gasteiger partial charge in [-0.2, -0.15) is 0 Å². The molecule has 1 heterocycles. The van der Waals surface area contributed by atoms with Gasteiger partial charge in [0.05, 0.1) is 23.8 Å². The Hall–Kier alpha value is -1.01. The first kappa shape index (κ1) is 15.4. The minimum Gasteiger partial charge on any atom is -0.394 e. The second-order valence-corrected chi connectivity index (χ2v) is 5.83. The largest absolute Gasteiger partial charge is 0.394 e. The molecule has 4 nitrogen and oxygen atoms in total. The van der Waals surface area contributed by atoms with E-state index in [2.05, 4.69) is 17.0 Å². The van der Waals surface area contributed by atoms with E-state index in [1.807, 2.05) is 25.1 Å². The van der Waals surface area contributed by atoms with Crippen molar-refractivity contribution in [1.82, 2.24) is 4.90 Å². The number of ether oxygens (including phenoxy) is 1. The number of aliphatic hydroxyl groups excluding tert-OH is 1. The Bertz CT molecular complexity index is 441. The molecular formula is C15H22N2O2S. The van der Waals surface area contributed by atoms with Crippen LogP contribution in [-0.4, -0.2) is 46.9 Å². The first-order valence-corrected chi connectivity index (χ1v) is 7.34. The molecule has 0 saturated carbocycles. The molecule has 1 aliphatic heterocycles. The third-order valence-electron chi connectivity index (χ3n) is 3.58. The minimum absolute atomic E-state index is 0.0371. The second kappa shape index (κ2) is 7.13. The van der Waals surface area contributed by atoms with Crippen LogP contribution in [0, 0.1) is 0 Å². The second-order valence-electron chi connectivity index (χ2n) is 5.30. The quantitative estimate of drug-likeness (QED) is 0.806. The van der Waals surface area contributed by atoms with Crippen LogP contribution in [0.4, 0.5) is 0 Å². The maximum absolute atomic E-state index is 9.36. The van der Waals surface area contributed by atoms with Gasteiger partial charge in [0.1, 0.15) is 0 Å². The molecule has 20 heavy (non-hydrogen) atoms. The zero-order valence-electron chi connectivity index (χ0n) is 11.7. The molecule has 1 saturated heterocycles. The molecule has 3 N–H and O–H groups in total. The molecular weight excluding hydrogens is 272 g/mol. The summed E-state index contributed by atoms with van der Waals surface area (Å²) in [6.45, 7) is 3.58. The van der Waals surface area contributed by atoms with Crippen molar-refractivity contribution >= 4 is 17.2 Å². The highest BCUT2D eigenvalue weighted by Crippen LogP contribution is 2.27. The lowest BCUT2D eigenvalue weighted by atomic mass is 10.00. The molecule has 1 aromatic rings. The van der Waals surface area contributed by atoms with Crippen molar-refractivity contribution < 1.29 is 9.84 Å². The fourth-order valence-corrected chi connectivity index (χ4v) is 2.92. The SMILES string of the molecule is CC1CN(C(CC(N)=S)c2ccccc2)CC(CO)O1. The number of hydrogen-bond acceptors (Lipinski definition) is 4. The Morgan fingerprint density at radius 1 is 1.45 bits per heavy atom. The Balaban J connectivity index is 2.19. The first-order valence-electron chi connectivity index (χ1n) is 6.93. The molecule has 2 rings (SSSR count). The van der Waals surface area contributed by atoms with Gasteiger partial charge >= 0.3 is 0 Å². The summed E-state index contributed by atoms with van der Waals surface area (Å²) >= 11 is 5.10. The molecule has 0 bridgehead atoms. The van der Waals surface area contributed by atoms with E-state index in [0.29, 0.717) is 18.0 Å². The number of nitrogens with two attached hydrogens (primary N) is 1. The molecule has 3 unspecified atom stereocenters. The van der Waals surface area contributed by atoms with Crippen LogP contribution in [0.25, 0.3) is 0 Å². The van der Waals surface area contributed by atoms with Crippen LogP contribution in [0.1, 0.15) is 24.9 Å². The monoisotopic (exact) mass is 294 g/mol. The third kappa shape index (κ3) is 3.99. The molecule has 1 aromatic carbocycles. The van der Waals surface area contributed by atoms with Gasteiger partial charge in [-0.3, -0.25) is 4.90 Å². The van der Waals surface area contributed by atoms with Crippen molar-refractivity contribution in [2.24, 2.45) is 5.73 Å². The maximum atomic E-state index is 9.36. The number of rotatable bonds is 5. The van der Waals surface area contributed by atoms with E-state index in [1.165, 1.54) is 5.56 Å². The van der Waals surface area contributed by atoms with Crippen LogP contribution in [0.15, 0.2) is 30.3 Å². The van der Waals surface area contributed by atoms with E-state index in [1.54, 1.807) is 0 Å². The predicted molar refractivity (Wildman–Crippen MR) is 83.6 cm³/mol. The number of nitrogens with zero attached hydrogens (tertiary/aromatic N) is 1. The fourth-order valence-electron chi connectivity index (χ4n) is 2.76. The van der Waals surface area contributed by atoms with Gasteiger partial charge in [0, 0.05) is 25.6 Å². The van der Waals surface area contributed by atoms with E-state index in [4.69, 9.17) is 22.7 Å². The van der Waals surface area contributed by atoms with Crippen LogP contribution >= 0.6 is 12.2 Å². The molecule has 0 aliphatic carbocycles. The lowest BCUT2D eigenvalue weighted by Gasteiger charge is -2.40. The average Bonchev–Trinajstić information content (AvgIpc) is 2.44. The summed E-state index contributed by atoms with van der Waals surface area (Å²) in [6.07, 6.45) is 0.597. The Kier molecular flexibility index (Phi) is 5.48. The van der Waals surface area contributed by atoms with Crippen molar-refractivity contribution in [3.63, 3.8) is 0 Å². The number of aliphatic hydroxyl groups is 1. The van der Waals surface area contributed by atoms with Crippen molar-refractivity contribution in [3.8, 4) is 0 Å². The lowest BCUT2D eigenvalue weighted by Crippen LogP contribution is -2.49. The molecule has 1 fully saturated rings. The van der Waals surface area contributed by atoms with Gasteiger partial charge in [-0.1, -0.05) is 42.5 Å². The maximum Gasteiger partial charge on any atom is 0.0936 e. The summed E-state index contributed by atoms with van der Waals surface area (Å²) in [5.74, 6) is 0. The van der Waals surface area contributed by atoms with Crippen LogP contribution in [-0.2, 0) is 4.74 Å². The molecule has 3 atom stereocenters. The van der Waals surface area contributed by atoms with Crippen molar-refractivity contribution in [1.29, 1.82) is 0 Å². The Morgan fingerprint density at radius 2 is 2.15 bits per heavy atom. The van der Waals surface area contributed by atoms with Gasteiger partial charge in [-0.25, -0.2) is 0 Å². The van der Waals surface area contributed by atoms with Crippen LogP contribution < -0.4 is 5.73 Å². The molecule has 0 amide bonds. The van der Waals surface area contributed by atoms with Gasteiger partial charge in [0.15, 0.2) is 0 Å².